The number of nitrogens with zero attached hydrogens (tertiary/aromatic N) is 3. The summed E-state index contributed by atoms with van der Waals surface area (Å²) in [4.78, 5) is 17.2. The van der Waals surface area contributed by atoms with Crippen molar-refractivity contribution in [1.82, 2.24) is 25.3 Å². The molecular formula is C14H21N5O. The predicted octanol–water partition coefficient (Wildman–Crippen LogP) is -0.0244. The Morgan fingerprint density at radius 2 is 2.25 bits per heavy atom. The van der Waals surface area contributed by atoms with Gasteiger partial charge in [-0.3, -0.25) is 14.8 Å². The minimum Gasteiger partial charge on any atom is -0.334 e. The van der Waals surface area contributed by atoms with E-state index in [0.29, 0.717) is 11.7 Å². The Kier molecular flexibility index (Phi) is 3.00. The van der Waals surface area contributed by atoms with Crippen LogP contribution in [-0.4, -0.2) is 64.7 Å². The molecule has 2 fully saturated rings. The minimum atomic E-state index is 0.109. The third kappa shape index (κ3) is 1.94. The van der Waals surface area contributed by atoms with Gasteiger partial charge in [0.2, 0.25) is 0 Å². The van der Waals surface area contributed by atoms with Crippen molar-refractivity contribution in [1.29, 1.82) is 0 Å². The van der Waals surface area contributed by atoms with Crippen molar-refractivity contribution in [3.63, 3.8) is 0 Å². The largest absolute Gasteiger partial charge is 0.334 e. The molecule has 0 spiro atoms. The number of aromatic nitrogens is 2. The van der Waals surface area contributed by atoms with Crippen LogP contribution in [0, 0.1) is 0 Å². The lowest BCUT2D eigenvalue weighted by atomic mass is 10.1. The standard InChI is InChI=1S/C14H21N5O/c20-14(13-11-8-15-4-3-12(11)16-17-13)19-7-6-18-5-1-2-10(18)9-19/h10,15H,1-9H2,(H,16,17). The lowest BCUT2D eigenvalue weighted by Gasteiger charge is -2.37. The number of hydrogen-bond acceptors (Lipinski definition) is 4. The number of fused-ring (bicyclic) bond motifs is 2. The summed E-state index contributed by atoms with van der Waals surface area (Å²) in [6, 6.07) is 0.570. The van der Waals surface area contributed by atoms with E-state index in [4.69, 9.17) is 0 Å². The van der Waals surface area contributed by atoms with Gasteiger partial charge in [0, 0.05) is 56.4 Å². The molecule has 3 aliphatic heterocycles. The molecule has 1 amide bonds. The molecule has 6 nitrogen and oxygen atoms in total. The van der Waals surface area contributed by atoms with Crippen molar-refractivity contribution in [2.75, 3.05) is 32.7 Å². The van der Waals surface area contributed by atoms with E-state index in [1.54, 1.807) is 0 Å². The Hall–Kier alpha value is -1.40. The molecule has 0 aromatic carbocycles. The molecule has 0 saturated carbocycles. The highest BCUT2D eigenvalue weighted by Crippen LogP contribution is 2.23. The molecule has 6 heteroatoms. The number of carbonyl (C=O) groups is 1. The second-order valence-corrected chi connectivity index (χ2v) is 6.04. The molecular weight excluding hydrogens is 254 g/mol. The Morgan fingerprint density at radius 3 is 3.20 bits per heavy atom. The monoisotopic (exact) mass is 275 g/mol. The van der Waals surface area contributed by atoms with Crippen LogP contribution in [0.5, 0.6) is 0 Å². The van der Waals surface area contributed by atoms with Crippen LogP contribution in [0.1, 0.15) is 34.6 Å². The molecule has 0 bridgehead atoms. The fourth-order valence-corrected chi connectivity index (χ4v) is 3.73. The van der Waals surface area contributed by atoms with Gasteiger partial charge in [-0.15, -0.1) is 0 Å². The number of hydrogen-bond donors (Lipinski definition) is 2. The number of carbonyl (C=O) groups excluding carboxylic acids is 1. The molecule has 1 aromatic heterocycles. The van der Waals surface area contributed by atoms with Crippen LogP contribution in [-0.2, 0) is 13.0 Å². The molecule has 1 aromatic rings. The highest BCUT2D eigenvalue weighted by atomic mass is 16.2. The van der Waals surface area contributed by atoms with Crippen LogP contribution in [0.25, 0.3) is 0 Å². The van der Waals surface area contributed by atoms with Gasteiger partial charge in [0.05, 0.1) is 0 Å². The van der Waals surface area contributed by atoms with E-state index in [0.717, 1.165) is 50.4 Å². The van der Waals surface area contributed by atoms with Gasteiger partial charge in [0.1, 0.15) is 0 Å². The zero-order valence-electron chi connectivity index (χ0n) is 11.7. The predicted molar refractivity (Wildman–Crippen MR) is 74.5 cm³/mol. The SMILES string of the molecule is O=C(c1n[nH]c2c1CNCC2)N1CCN2CCCC2C1. The lowest BCUT2D eigenvalue weighted by Crippen LogP contribution is -2.52. The van der Waals surface area contributed by atoms with Gasteiger partial charge in [0.25, 0.3) is 5.91 Å². The first-order valence-electron chi connectivity index (χ1n) is 7.63. The molecule has 0 radical (unpaired) electrons. The van der Waals surface area contributed by atoms with Gasteiger partial charge in [-0.25, -0.2) is 0 Å². The Balaban J connectivity index is 1.54. The Bertz CT molecular complexity index is 526. The topological polar surface area (TPSA) is 64.3 Å². The Labute approximate surface area is 118 Å². The highest BCUT2D eigenvalue weighted by Gasteiger charge is 2.34. The van der Waals surface area contributed by atoms with Gasteiger partial charge in [-0.2, -0.15) is 5.10 Å². The van der Waals surface area contributed by atoms with Crippen molar-refractivity contribution in [3.05, 3.63) is 17.0 Å². The highest BCUT2D eigenvalue weighted by molar-refractivity contribution is 5.94. The number of aromatic amines is 1. The maximum Gasteiger partial charge on any atom is 0.274 e. The van der Waals surface area contributed by atoms with E-state index < -0.39 is 0 Å². The van der Waals surface area contributed by atoms with E-state index in [2.05, 4.69) is 20.4 Å². The zero-order valence-corrected chi connectivity index (χ0v) is 11.7. The summed E-state index contributed by atoms with van der Waals surface area (Å²) in [5.41, 5.74) is 2.85. The van der Waals surface area contributed by atoms with Crippen LogP contribution in [0.15, 0.2) is 0 Å². The quantitative estimate of drug-likeness (QED) is 0.756. The third-order valence-electron chi connectivity index (χ3n) is 4.88. The summed E-state index contributed by atoms with van der Waals surface area (Å²) in [5, 5.41) is 10.7. The van der Waals surface area contributed by atoms with Crippen LogP contribution >= 0.6 is 0 Å². The number of nitrogens with one attached hydrogen (secondary N) is 2. The molecule has 1 unspecified atom stereocenters. The maximum atomic E-state index is 12.7. The average molecular weight is 275 g/mol. The second-order valence-electron chi connectivity index (χ2n) is 6.04. The minimum absolute atomic E-state index is 0.109. The molecule has 20 heavy (non-hydrogen) atoms. The molecule has 3 aliphatic rings. The first-order chi connectivity index (χ1) is 9.83. The van der Waals surface area contributed by atoms with Crippen LogP contribution in [0.2, 0.25) is 0 Å². The molecule has 1 atom stereocenters. The molecule has 2 saturated heterocycles. The fraction of sp³-hybridized carbons (Fsp3) is 0.714. The number of H-pyrrole nitrogens is 1. The van der Waals surface area contributed by atoms with Gasteiger partial charge >= 0.3 is 0 Å². The first-order valence-corrected chi connectivity index (χ1v) is 7.63. The molecule has 108 valence electrons. The number of piperazine rings is 1. The van der Waals surface area contributed by atoms with Crippen molar-refractivity contribution in [2.45, 2.75) is 31.8 Å². The zero-order chi connectivity index (χ0) is 13.5. The molecule has 4 rings (SSSR count). The molecule has 2 N–H and O–H groups in total. The summed E-state index contributed by atoms with van der Waals surface area (Å²) < 4.78 is 0. The van der Waals surface area contributed by atoms with E-state index in [9.17, 15) is 4.79 Å². The summed E-state index contributed by atoms with van der Waals surface area (Å²) in [5.74, 6) is 0.109. The first kappa shape index (κ1) is 12.3. The van der Waals surface area contributed by atoms with Crippen LogP contribution < -0.4 is 5.32 Å². The average Bonchev–Trinajstić information content (AvgIpc) is 3.12. The number of rotatable bonds is 1. The summed E-state index contributed by atoms with van der Waals surface area (Å²) in [6.45, 7) is 5.65. The normalized spacial score (nSPS) is 26.4. The third-order valence-corrected chi connectivity index (χ3v) is 4.88. The summed E-state index contributed by atoms with van der Waals surface area (Å²) in [7, 11) is 0. The molecule has 4 heterocycles. The Morgan fingerprint density at radius 1 is 1.30 bits per heavy atom. The van der Waals surface area contributed by atoms with Gasteiger partial charge in [-0.1, -0.05) is 0 Å². The van der Waals surface area contributed by atoms with Crippen molar-refractivity contribution >= 4 is 5.91 Å². The lowest BCUT2D eigenvalue weighted by molar-refractivity contribution is 0.0564. The van der Waals surface area contributed by atoms with Crippen molar-refractivity contribution in [2.24, 2.45) is 0 Å². The summed E-state index contributed by atoms with van der Waals surface area (Å²) >= 11 is 0. The van der Waals surface area contributed by atoms with Crippen LogP contribution in [0.3, 0.4) is 0 Å². The maximum absolute atomic E-state index is 12.7. The smallest absolute Gasteiger partial charge is 0.274 e. The van der Waals surface area contributed by atoms with Crippen molar-refractivity contribution in [3.8, 4) is 0 Å². The van der Waals surface area contributed by atoms with E-state index in [-0.39, 0.29) is 5.91 Å². The van der Waals surface area contributed by atoms with E-state index >= 15 is 0 Å². The van der Waals surface area contributed by atoms with Gasteiger partial charge in [0.15, 0.2) is 5.69 Å². The summed E-state index contributed by atoms with van der Waals surface area (Å²) in [6.07, 6.45) is 3.43. The van der Waals surface area contributed by atoms with E-state index in [1.165, 1.54) is 19.4 Å². The number of amides is 1. The fourth-order valence-electron chi connectivity index (χ4n) is 3.73. The van der Waals surface area contributed by atoms with E-state index in [1.807, 2.05) is 4.90 Å². The molecule has 0 aliphatic carbocycles. The van der Waals surface area contributed by atoms with Crippen LogP contribution in [0.4, 0.5) is 0 Å². The van der Waals surface area contributed by atoms with Crippen molar-refractivity contribution < 1.29 is 4.79 Å². The second kappa shape index (κ2) is 4.86. The van der Waals surface area contributed by atoms with Gasteiger partial charge in [-0.05, 0) is 19.4 Å². The van der Waals surface area contributed by atoms with Gasteiger partial charge < -0.3 is 10.2 Å².